The fraction of sp³-hybridized carbons (Fsp3) is 0.308. The van der Waals surface area contributed by atoms with Gasteiger partial charge in [0.25, 0.3) is 5.91 Å². The number of carbonyl (C=O) groups excluding carboxylic acids is 1. The van der Waals surface area contributed by atoms with Crippen LogP contribution in [0.15, 0.2) is 30.9 Å². The summed E-state index contributed by atoms with van der Waals surface area (Å²) >= 11 is 0. The number of aliphatic hydroxyl groups excluding tert-OH is 1. The Morgan fingerprint density at radius 3 is 3.00 bits per heavy atom. The molecule has 0 fully saturated rings. The van der Waals surface area contributed by atoms with Crippen molar-refractivity contribution in [3.63, 3.8) is 0 Å². The van der Waals surface area contributed by atoms with E-state index in [9.17, 15) is 14.3 Å². The normalized spacial score (nSPS) is 11.7. The molecule has 0 bridgehead atoms. The monoisotopic (exact) mass is 253 g/mol. The molecule has 0 aliphatic carbocycles. The standard InChI is InChI=1S/C13H16FNO3/c1-3-6-15-13(17)8-18-12-5-4-10(14)7-11(12)9(2)16/h3-5,7,9,16H,1,6,8H2,2H3,(H,15,17)/t9-/m1/s1. The highest BCUT2D eigenvalue weighted by atomic mass is 19.1. The number of nitrogens with one attached hydrogen (secondary N) is 1. The van der Waals surface area contributed by atoms with Gasteiger partial charge >= 0.3 is 0 Å². The van der Waals surface area contributed by atoms with Gasteiger partial charge in [-0.1, -0.05) is 6.08 Å². The summed E-state index contributed by atoms with van der Waals surface area (Å²) in [5.41, 5.74) is 0.312. The van der Waals surface area contributed by atoms with Gasteiger partial charge in [-0.25, -0.2) is 4.39 Å². The average molecular weight is 253 g/mol. The van der Waals surface area contributed by atoms with Crippen molar-refractivity contribution < 1.29 is 19.0 Å². The summed E-state index contributed by atoms with van der Waals surface area (Å²) in [4.78, 5) is 11.3. The maximum atomic E-state index is 13.0. The number of aliphatic hydroxyl groups is 1. The molecule has 1 aromatic carbocycles. The third kappa shape index (κ3) is 4.18. The zero-order valence-electron chi connectivity index (χ0n) is 10.1. The zero-order valence-corrected chi connectivity index (χ0v) is 10.1. The molecule has 1 amide bonds. The molecule has 0 radical (unpaired) electrons. The summed E-state index contributed by atoms with van der Waals surface area (Å²) in [6.45, 7) is 5.13. The lowest BCUT2D eigenvalue weighted by atomic mass is 10.1. The first kappa shape index (κ1) is 14.2. The van der Waals surface area contributed by atoms with Gasteiger partial charge in [-0.15, -0.1) is 6.58 Å². The molecule has 0 unspecified atom stereocenters. The van der Waals surface area contributed by atoms with E-state index in [-0.39, 0.29) is 12.5 Å². The first-order valence-corrected chi connectivity index (χ1v) is 5.52. The van der Waals surface area contributed by atoms with Crippen LogP contribution in [0.5, 0.6) is 5.75 Å². The lowest BCUT2D eigenvalue weighted by molar-refractivity contribution is -0.122. The second-order valence-electron chi connectivity index (χ2n) is 3.74. The largest absolute Gasteiger partial charge is 0.483 e. The molecule has 0 spiro atoms. The number of carbonyl (C=O) groups is 1. The van der Waals surface area contributed by atoms with Crippen LogP contribution in [0.2, 0.25) is 0 Å². The highest BCUT2D eigenvalue weighted by Gasteiger charge is 2.11. The van der Waals surface area contributed by atoms with Gasteiger partial charge < -0.3 is 15.2 Å². The van der Waals surface area contributed by atoms with Crippen molar-refractivity contribution in [2.24, 2.45) is 0 Å². The summed E-state index contributed by atoms with van der Waals surface area (Å²) in [6, 6.07) is 3.78. The van der Waals surface area contributed by atoms with Crippen LogP contribution >= 0.6 is 0 Å². The van der Waals surface area contributed by atoms with E-state index < -0.39 is 11.9 Å². The maximum Gasteiger partial charge on any atom is 0.258 e. The van der Waals surface area contributed by atoms with Crippen LogP contribution < -0.4 is 10.1 Å². The molecule has 4 nitrogen and oxygen atoms in total. The molecule has 98 valence electrons. The van der Waals surface area contributed by atoms with Crippen LogP contribution in [0, 0.1) is 5.82 Å². The van der Waals surface area contributed by atoms with Gasteiger partial charge in [0.05, 0.1) is 6.10 Å². The molecule has 1 aromatic rings. The Balaban J connectivity index is 2.66. The summed E-state index contributed by atoms with van der Waals surface area (Å²) in [5.74, 6) is -0.481. The molecule has 0 heterocycles. The van der Waals surface area contributed by atoms with E-state index in [1.54, 1.807) is 6.08 Å². The average Bonchev–Trinajstić information content (AvgIpc) is 2.34. The van der Waals surface area contributed by atoms with E-state index in [0.29, 0.717) is 17.9 Å². The van der Waals surface area contributed by atoms with Crippen LogP contribution in [0.3, 0.4) is 0 Å². The molecular weight excluding hydrogens is 237 g/mol. The summed E-state index contributed by atoms with van der Waals surface area (Å²) in [6.07, 6.45) is 0.684. The van der Waals surface area contributed by atoms with E-state index in [1.807, 2.05) is 0 Å². The SMILES string of the molecule is C=CCNC(=O)COc1ccc(F)cc1[C@@H](C)O. The van der Waals surface area contributed by atoms with Crippen molar-refractivity contribution in [2.45, 2.75) is 13.0 Å². The molecule has 2 N–H and O–H groups in total. The van der Waals surface area contributed by atoms with Gasteiger partial charge in [-0.2, -0.15) is 0 Å². The Morgan fingerprint density at radius 2 is 2.39 bits per heavy atom. The molecule has 1 atom stereocenters. The van der Waals surface area contributed by atoms with E-state index in [4.69, 9.17) is 4.74 Å². The molecular formula is C13H16FNO3. The predicted octanol–water partition coefficient (Wildman–Crippen LogP) is 1.56. The van der Waals surface area contributed by atoms with Crippen molar-refractivity contribution in [1.29, 1.82) is 0 Å². The number of rotatable bonds is 6. The molecule has 5 heteroatoms. The Kier molecular flexibility index (Phi) is 5.32. The smallest absolute Gasteiger partial charge is 0.258 e. The van der Waals surface area contributed by atoms with E-state index in [2.05, 4.69) is 11.9 Å². The van der Waals surface area contributed by atoms with Gasteiger partial charge in [0.1, 0.15) is 11.6 Å². The van der Waals surface area contributed by atoms with Crippen LogP contribution in [-0.4, -0.2) is 24.2 Å². The fourth-order valence-electron chi connectivity index (χ4n) is 1.36. The van der Waals surface area contributed by atoms with E-state index >= 15 is 0 Å². The topological polar surface area (TPSA) is 58.6 Å². The first-order chi connectivity index (χ1) is 8.54. The lowest BCUT2D eigenvalue weighted by Gasteiger charge is -2.13. The highest BCUT2D eigenvalue weighted by Crippen LogP contribution is 2.25. The van der Waals surface area contributed by atoms with E-state index in [1.165, 1.54) is 25.1 Å². The van der Waals surface area contributed by atoms with Crippen molar-refractivity contribution in [3.8, 4) is 5.75 Å². The number of ether oxygens (including phenoxy) is 1. The second kappa shape index (κ2) is 6.76. The minimum Gasteiger partial charge on any atom is -0.483 e. The van der Waals surface area contributed by atoms with Gasteiger partial charge in [0.15, 0.2) is 6.61 Å². The first-order valence-electron chi connectivity index (χ1n) is 5.52. The number of hydrogen-bond donors (Lipinski definition) is 2. The Labute approximate surface area is 105 Å². The molecule has 0 aliphatic rings. The van der Waals surface area contributed by atoms with Crippen molar-refractivity contribution in [3.05, 3.63) is 42.2 Å². The van der Waals surface area contributed by atoms with Crippen molar-refractivity contribution in [2.75, 3.05) is 13.2 Å². The van der Waals surface area contributed by atoms with Crippen molar-refractivity contribution in [1.82, 2.24) is 5.32 Å². The third-order valence-corrected chi connectivity index (χ3v) is 2.22. The minimum absolute atomic E-state index is 0.195. The number of halogens is 1. The number of hydrogen-bond acceptors (Lipinski definition) is 3. The minimum atomic E-state index is -0.869. The van der Waals surface area contributed by atoms with Crippen LogP contribution in [0.4, 0.5) is 4.39 Å². The van der Waals surface area contributed by atoms with Crippen LogP contribution in [0.1, 0.15) is 18.6 Å². The number of benzene rings is 1. The molecule has 0 saturated carbocycles. The van der Waals surface area contributed by atoms with Gasteiger partial charge in [0.2, 0.25) is 0 Å². The number of amides is 1. The third-order valence-electron chi connectivity index (χ3n) is 2.22. The Hall–Kier alpha value is -1.88. The maximum absolute atomic E-state index is 13.0. The molecule has 0 aliphatic heterocycles. The Bertz CT molecular complexity index is 432. The Morgan fingerprint density at radius 1 is 1.67 bits per heavy atom. The van der Waals surface area contributed by atoms with Crippen LogP contribution in [-0.2, 0) is 4.79 Å². The van der Waals surface area contributed by atoms with E-state index in [0.717, 1.165) is 0 Å². The summed E-state index contributed by atoms with van der Waals surface area (Å²) in [7, 11) is 0. The molecule has 0 saturated heterocycles. The summed E-state index contributed by atoms with van der Waals surface area (Å²) < 4.78 is 18.3. The van der Waals surface area contributed by atoms with Gasteiger partial charge in [-0.3, -0.25) is 4.79 Å². The zero-order chi connectivity index (χ0) is 13.5. The predicted molar refractivity (Wildman–Crippen MR) is 65.7 cm³/mol. The van der Waals surface area contributed by atoms with Gasteiger partial charge in [0, 0.05) is 12.1 Å². The second-order valence-corrected chi connectivity index (χ2v) is 3.74. The van der Waals surface area contributed by atoms with Crippen molar-refractivity contribution >= 4 is 5.91 Å². The van der Waals surface area contributed by atoms with Gasteiger partial charge in [-0.05, 0) is 25.1 Å². The van der Waals surface area contributed by atoms with Crippen LogP contribution in [0.25, 0.3) is 0 Å². The fourth-order valence-corrected chi connectivity index (χ4v) is 1.36. The quantitative estimate of drug-likeness (QED) is 0.756. The molecule has 18 heavy (non-hydrogen) atoms. The summed E-state index contributed by atoms with van der Waals surface area (Å²) in [5, 5.41) is 12.0. The molecule has 1 rings (SSSR count). The molecule has 0 aromatic heterocycles. The highest BCUT2D eigenvalue weighted by molar-refractivity contribution is 5.77. The lowest BCUT2D eigenvalue weighted by Crippen LogP contribution is -2.29.